The van der Waals surface area contributed by atoms with Gasteiger partial charge in [-0.1, -0.05) is 12.8 Å². The lowest BCUT2D eigenvalue weighted by Crippen LogP contribution is -2.51. The number of carbonyl (C=O) groups excluding carboxylic acids is 1. The van der Waals surface area contributed by atoms with Crippen LogP contribution in [0.3, 0.4) is 0 Å². The number of nitriles is 1. The summed E-state index contributed by atoms with van der Waals surface area (Å²) in [6.07, 6.45) is 6.80. The summed E-state index contributed by atoms with van der Waals surface area (Å²) in [5, 5.41) is 19.5. The van der Waals surface area contributed by atoms with Crippen LogP contribution in [-0.4, -0.2) is 58.6 Å². The maximum Gasteiger partial charge on any atom is 0.236 e. The summed E-state index contributed by atoms with van der Waals surface area (Å²) in [7, 11) is 0. The molecule has 0 spiro atoms. The Labute approximate surface area is 140 Å². The second kappa shape index (κ2) is 8.12. The van der Waals surface area contributed by atoms with Gasteiger partial charge in [-0.05, 0) is 46.1 Å². The number of hydrogen-bond donors (Lipinski definition) is 1. The van der Waals surface area contributed by atoms with Crippen LogP contribution in [-0.2, 0) is 4.79 Å². The Morgan fingerprint density at radius 2 is 2.17 bits per heavy atom. The minimum absolute atomic E-state index is 0.116. The molecule has 0 radical (unpaired) electrons. The number of rotatable bonds is 6. The Morgan fingerprint density at radius 3 is 2.83 bits per heavy atom. The minimum atomic E-state index is -0.597. The van der Waals surface area contributed by atoms with Gasteiger partial charge in [-0.3, -0.25) is 9.69 Å². The zero-order valence-electron chi connectivity index (χ0n) is 14.6. The van der Waals surface area contributed by atoms with E-state index < -0.39 is 5.60 Å². The van der Waals surface area contributed by atoms with Crippen LogP contribution in [0, 0.1) is 17.2 Å². The fraction of sp³-hybridized carbons (Fsp3) is 0.889. The molecule has 3 atom stereocenters. The minimum Gasteiger partial charge on any atom is -0.390 e. The molecule has 5 nitrogen and oxygen atoms in total. The zero-order valence-corrected chi connectivity index (χ0v) is 14.6. The van der Waals surface area contributed by atoms with E-state index in [9.17, 15) is 9.90 Å². The van der Waals surface area contributed by atoms with Crippen LogP contribution in [0.5, 0.6) is 0 Å². The summed E-state index contributed by atoms with van der Waals surface area (Å²) < 4.78 is 0. The molecule has 0 aromatic heterocycles. The monoisotopic (exact) mass is 321 g/mol. The smallest absolute Gasteiger partial charge is 0.236 e. The lowest BCUT2D eigenvalue weighted by atomic mass is 9.72. The van der Waals surface area contributed by atoms with E-state index in [2.05, 4.69) is 11.0 Å². The molecule has 1 heterocycles. The van der Waals surface area contributed by atoms with E-state index >= 15 is 0 Å². The van der Waals surface area contributed by atoms with Crippen LogP contribution in [0.25, 0.3) is 0 Å². The van der Waals surface area contributed by atoms with E-state index in [1.54, 1.807) is 4.90 Å². The lowest BCUT2D eigenvalue weighted by molar-refractivity contribution is -0.133. The predicted molar refractivity (Wildman–Crippen MR) is 89.7 cm³/mol. The Balaban J connectivity index is 1.98. The number of nitrogens with zero attached hydrogens (tertiary/aromatic N) is 3. The summed E-state index contributed by atoms with van der Waals surface area (Å²) >= 11 is 0. The summed E-state index contributed by atoms with van der Waals surface area (Å²) in [6, 6.07) is 2.43. The van der Waals surface area contributed by atoms with Crippen molar-refractivity contribution in [3.63, 3.8) is 0 Å². The van der Waals surface area contributed by atoms with Gasteiger partial charge in [0, 0.05) is 25.0 Å². The third-order valence-electron chi connectivity index (χ3n) is 5.69. The van der Waals surface area contributed by atoms with Crippen molar-refractivity contribution in [3.05, 3.63) is 0 Å². The largest absolute Gasteiger partial charge is 0.390 e. The van der Waals surface area contributed by atoms with Gasteiger partial charge in [-0.25, -0.2) is 0 Å². The number of likely N-dealkylation sites (N-methyl/N-ethyl adjacent to an activating group) is 1. The number of carbonyl (C=O) groups is 1. The molecule has 0 aromatic carbocycles. The topological polar surface area (TPSA) is 67.6 Å². The quantitative estimate of drug-likeness (QED) is 0.814. The van der Waals surface area contributed by atoms with Crippen LogP contribution in [0.2, 0.25) is 0 Å². The van der Waals surface area contributed by atoms with Crippen molar-refractivity contribution in [1.29, 1.82) is 5.26 Å². The van der Waals surface area contributed by atoms with E-state index in [0.29, 0.717) is 32.1 Å². The highest BCUT2D eigenvalue weighted by molar-refractivity contribution is 5.78. The second-order valence-corrected chi connectivity index (χ2v) is 7.27. The van der Waals surface area contributed by atoms with Gasteiger partial charge in [0.1, 0.15) is 0 Å². The molecule has 1 aliphatic carbocycles. The number of aliphatic hydroxyl groups is 1. The molecule has 2 aliphatic rings. The summed E-state index contributed by atoms with van der Waals surface area (Å²) in [4.78, 5) is 16.6. The van der Waals surface area contributed by atoms with Crippen molar-refractivity contribution < 1.29 is 9.90 Å². The van der Waals surface area contributed by atoms with Gasteiger partial charge in [-0.15, -0.1) is 0 Å². The molecule has 130 valence electrons. The van der Waals surface area contributed by atoms with Crippen LogP contribution in [0.4, 0.5) is 0 Å². The Bertz CT molecular complexity index is 444. The van der Waals surface area contributed by atoms with Gasteiger partial charge in [0.2, 0.25) is 5.91 Å². The first-order chi connectivity index (χ1) is 11.0. The third kappa shape index (κ3) is 4.45. The normalized spacial score (nSPS) is 31.7. The molecular formula is C18H31N3O2. The van der Waals surface area contributed by atoms with E-state index in [4.69, 9.17) is 5.26 Å². The highest BCUT2D eigenvalue weighted by Gasteiger charge is 2.43. The number of amides is 1. The van der Waals surface area contributed by atoms with Crippen molar-refractivity contribution in [2.24, 2.45) is 5.92 Å². The molecule has 5 heteroatoms. The van der Waals surface area contributed by atoms with Crippen molar-refractivity contribution in [1.82, 2.24) is 9.80 Å². The number of hydrogen-bond acceptors (Lipinski definition) is 4. The molecule has 1 saturated carbocycles. The molecule has 23 heavy (non-hydrogen) atoms. The van der Waals surface area contributed by atoms with E-state index in [0.717, 1.165) is 38.6 Å². The summed E-state index contributed by atoms with van der Waals surface area (Å²) in [5.41, 5.74) is -0.597. The van der Waals surface area contributed by atoms with Crippen molar-refractivity contribution >= 4 is 5.91 Å². The maximum absolute atomic E-state index is 12.5. The van der Waals surface area contributed by atoms with Crippen LogP contribution in [0.1, 0.15) is 58.8 Å². The Hall–Kier alpha value is -1.12. The molecule has 0 aromatic rings. The Kier molecular flexibility index (Phi) is 6.43. The van der Waals surface area contributed by atoms with Gasteiger partial charge in [-0.2, -0.15) is 5.26 Å². The van der Waals surface area contributed by atoms with Gasteiger partial charge in [0.15, 0.2) is 0 Å². The second-order valence-electron chi connectivity index (χ2n) is 7.27. The molecule has 0 bridgehead atoms. The fourth-order valence-corrected chi connectivity index (χ4v) is 4.37. The molecule has 1 N–H and O–H groups in total. The average Bonchev–Trinajstić information content (AvgIpc) is 2.95. The Morgan fingerprint density at radius 1 is 1.39 bits per heavy atom. The fourth-order valence-electron chi connectivity index (χ4n) is 4.37. The van der Waals surface area contributed by atoms with Gasteiger partial charge in [0.05, 0.1) is 24.6 Å². The zero-order chi connectivity index (χ0) is 16.9. The SMILES string of the molecule is CCN(CCC#N)C(=O)CN1CCC[C@@H]1[C@@H]1CCCC[C@@]1(C)O. The molecular weight excluding hydrogens is 290 g/mol. The van der Waals surface area contributed by atoms with Gasteiger partial charge >= 0.3 is 0 Å². The highest BCUT2D eigenvalue weighted by atomic mass is 16.3. The lowest BCUT2D eigenvalue weighted by Gasteiger charge is -2.43. The van der Waals surface area contributed by atoms with Crippen molar-refractivity contribution in [3.8, 4) is 6.07 Å². The summed E-state index contributed by atoms with van der Waals surface area (Å²) in [6.45, 7) is 6.48. The van der Waals surface area contributed by atoms with Gasteiger partial charge < -0.3 is 10.0 Å². The van der Waals surface area contributed by atoms with Crippen LogP contribution < -0.4 is 0 Å². The first-order valence-electron chi connectivity index (χ1n) is 9.10. The number of likely N-dealkylation sites (tertiary alicyclic amines) is 1. The summed E-state index contributed by atoms with van der Waals surface area (Å²) in [5.74, 6) is 0.394. The van der Waals surface area contributed by atoms with E-state index in [-0.39, 0.29) is 11.8 Å². The average molecular weight is 321 g/mol. The predicted octanol–water partition coefficient (Wildman–Crippen LogP) is 2.15. The van der Waals surface area contributed by atoms with Crippen LogP contribution in [0.15, 0.2) is 0 Å². The molecule has 2 rings (SSSR count). The third-order valence-corrected chi connectivity index (χ3v) is 5.69. The van der Waals surface area contributed by atoms with Crippen molar-refractivity contribution in [2.75, 3.05) is 26.2 Å². The molecule has 1 saturated heterocycles. The van der Waals surface area contributed by atoms with Crippen molar-refractivity contribution in [2.45, 2.75) is 70.4 Å². The maximum atomic E-state index is 12.5. The molecule has 2 fully saturated rings. The van der Waals surface area contributed by atoms with E-state index in [1.165, 1.54) is 6.42 Å². The van der Waals surface area contributed by atoms with Gasteiger partial charge in [0.25, 0.3) is 0 Å². The molecule has 0 unspecified atom stereocenters. The standard InChI is InChI=1S/C18H31N3O2/c1-3-20(13-7-11-19)17(22)14-21-12-6-9-16(21)15-8-4-5-10-18(15,2)23/h15-16,23H,3-10,12-14H2,1-2H3/t15-,16+,18+/m0/s1. The first kappa shape index (κ1) is 18.2. The van der Waals surface area contributed by atoms with E-state index in [1.807, 2.05) is 13.8 Å². The first-order valence-corrected chi connectivity index (χ1v) is 9.10. The highest BCUT2D eigenvalue weighted by Crippen LogP contribution is 2.40. The van der Waals surface area contributed by atoms with Crippen LogP contribution >= 0.6 is 0 Å². The molecule has 1 amide bonds. The molecule has 1 aliphatic heterocycles.